The molecule has 3 heterocycles. The van der Waals surface area contributed by atoms with Gasteiger partial charge in [-0.1, -0.05) is 41.0 Å². The summed E-state index contributed by atoms with van der Waals surface area (Å²) in [6.45, 7) is 1.69. The molecule has 5 rings (SSSR count). The summed E-state index contributed by atoms with van der Waals surface area (Å²) in [4.78, 5) is 18.0. The van der Waals surface area contributed by atoms with Crippen molar-refractivity contribution in [2.45, 2.75) is 6.92 Å². The molecular formula is C25H19ClN4O3. The summed E-state index contributed by atoms with van der Waals surface area (Å²) in [5, 5.41) is 7.49. The Labute approximate surface area is 194 Å². The minimum atomic E-state index is -0.380. The smallest absolute Gasteiger partial charge is 0.261 e. The number of ether oxygens (including phenoxy) is 1. The molecule has 0 radical (unpaired) electrons. The normalized spacial score (nSPS) is 11.0. The molecule has 2 aromatic carbocycles. The summed E-state index contributed by atoms with van der Waals surface area (Å²) in [5.41, 5.74) is 4.25. The Hall–Kier alpha value is -4.10. The van der Waals surface area contributed by atoms with Crippen LogP contribution in [0.4, 0.5) is 5.69 Å². The first kappa shape index (κ1) is 20.8. The molecule has 7 nitrogen and oxygen atoms in total. The molecule has 5 aromatic rings. The van der Waals surface area contributed by atoms with Gasteiger partial charge in [0.05, 0.1) is 23.5 Å². The third-order valence-corrected chi connectivity index (χ3v) is 5.66. The number of methoxy groups -OCH3 is 1. The molecule has 0 saturated carbocycles. The number of pyridine rings is 1. The lowest BCUT2D eigenvalue weighted by atomic mass is 10.1. The second-order valence-corrected chi connectivity index (χ2v) is 7.81. The summed E-state index contributed by atoms with van der Waals surface area (Å²) < 4.78 is 12.7. The van der Waals surface area contributed by atoms with E-state index in [0.717, 1.165) is 16.9 Å². The van der Waals surface area contributed by atoms with Crippen LogP contribution in [0, 0.1) is 6.92 Å². The van der Waals surface area contributed by atoms with Gasteiger partial charge in [0.25, 0.3) is 5.91 Å². The Bertz CT molecular complexity index is 1460. The number of aromatic nitrogens is 3. The van der Waals surface area contributed by atoms with Crippen LogP contribution in [0.25, 0.3) is 28.2 Å². The molecule has 0 bridgehead atoms. The largest absolute Gasteiger partial charge is 0.495 e. The molecule has 3 aromatic heterocycles. The van der Waals surface area contributed by atoms with Gasteiger partial charge < -0.3 is 19.0 Å². The van der Waals surface area contributed by atoms with E-state index in [1.165, 1.54) is 0 Å². The average Bonchev–Trinajstić information content (AvgIpc) is 3.43. The number of carbonyl (C=O) groups is 1. The summed E-state index contributed by atoms with van der Waals surface area (Å²) in [6, 6.07) is 18.5. The maximum Gasteiger partial charge on any atom is 0.261 e. The fourth-order valence-electron chi connectivity index (χ4n) is 3.70. The molecule has 1 amide bonds. The van der Waals surface area contributed by atoms with Crippen molar-refractivity contribution in [2.24, 2.45) is 0 Å². The highest BCUT2D eigenvalue weighted by atomic mass is 35.5. The lowest BCUT2D eigenvalue weighted by molar-refractivity contribution is 0.102. The van der Waals surface area contributed by atoms with Gasteiger partial charge in [0.1, 0.15) is 28.4 Å². The Morgan fingerprint density at radius 2 is 1.94 bits per heavy atom. The van der Waals surface area contributed by atoms with Crippen LogP contribution in [0.5, 0.6) is 5.75 Å². The summed E-state index contributed by atoms with van der Waals surface area (Å²) in [6.07, 6.45) is 3.87. The van der Waals surface area contributed by atoms with Gasteiger partial charge in [0, 0.05) is 23.5 Å². The first-order valence-electron chi connectivity index (χ1n) is 10.2. The number of carbonyl (C=O) groups excluding carboxylic acids is 1. The maximum atomic E-state index is 13.3. The number of hydrogen-bond acceptors (Lipinski definition) is 5. The molecular weight excluding hydrogens is 440 g/mol. The Morgan fingerprint density at radius 1 is 1.12 bits per heavy atom. The highest BCUT2D eigenvalue weighted by molar-refractivity contribution is 6.33. The molecule has 0 saturated heterocycles. The summed E-state index contributed by atoms with van der Waals surface area (Å²) >= 11 is 6.33. The third kappa shape index (κ3) is 3.83. The average molecular weight is 459 g/mol. The number of aryl methyl sites for hydroxylation is 1. The van der Waals surface area contributed by atoms with Crippen molar-refractivity contribution >= 4 is 28.8 Å². The zero-order valence-corrected chi connectivity index (χ0v) is 18.6. The second-order valence-electron chi connectivity index (χ2n) is 7.40. The first-order valence-corrected chi connectivity index (χ1v) is 10.6. The Kier molecular flexibility index (Phi) is 5.32. The van der Waals surface area contributed by atoms with Gasteiger partial charge in [0.2, 0.25) is 0 Å². The van der Waals surface area contributed by atoms with Crippen LogP contribution in [-0.4, -0.2) is 27.6 Å². The molecule has 0 aliphatic rings. The lowest BCUT2D eigenvalue weighted by Crippen LogP contribution is -2.14. The minimum Gasteiger partial charge on any atom is -0.495 e. The van der Waals surface area contributed by atoms with E-state index in [2.05, 4.69) is 15.5 Å². The SMILES string of the molecule is COc1ccc(-c2cn3ccccc3n2)cc1NC(=O)c1c(-c2ccccc2Cl)noc1C. The minimum absolute atomic E-state index is 0.309. The predicted octanol–water partition coefficient (Wildman–Crippen LogP) is 5.88. The van der Waals surface area contributed by atoms with Crippen LogP contribution in [-0.2, 0) is 0 Å². The Balaban J connectivity index is 1.52. The molecule has 0 aliphatic heterocycles. The van der Waals surface area contributed by atoms with Gasteiger partial charge in [-0.05, 0) is 43.3 Å². The van der Waals surface area contributed by atoms with Gasteiger partial charge in [0.15, 0.2) is 0 Å². The molecule has 0 aliphatic carbocycles. The van der Waals surface area contributed by atoms with Crippen molar-refractivity contribution in [1.82, 2.24) is 14.5 Å². The third-order valence-electron chi connectivity index (χ3n) is 5.33. The van der Waals surface area contributed by atoms with E-state index < -0.39 is 0 Å². The van der Waals surface area contributed by atoms with Crippen molar-refractivity contribution in [3.63, 3.8) is 0 Å². The van der Waals surface area contributed by atoms with E-state index in [4.69, 9.17) is 20.9 Å². The molecule has 1 N–H and O–H groups in total. The van der Waals surface area contributed by atoms with Crippen molar-refractivity contribution in [3.8, 4) is 28.3 Å². The summed E-state index contributed by atoms with van der Waals surface area (Å²) in [5.74, 6) is 0.524. The van der Waals surface area contributed by atoms with Crippen molar-refractivity contribution in [2.75, 3.05) is 12.4 Å². The molecule has 0 spiro atoms. The van der Waals surface area contributed by atoms with Crippen molar-refractivity contribution < 1.29 is 14.1 Å². The fourth-order valence-corrected chi connectivity index (χ4v) is 3.93. The van der Waals surface area contributed by atoms with E-state index in [1.54, 1.807) is 32.2 Å². The fraction of sp³-hybridized carbons (Fsp3) is 0.0800. The van der Waals surface area contributed by atoms with Crippen LogP contribution < -0.4 is 10.1 Å². The number of rotatable bonds is 5. The zero-order chi connectivity index (χ0) is 22.9. The standard InChI is InChI=1S/C25H19ClN4O3/c1-15-23(24(29-33-15)17-7-3-4-8-18(17)26)25(31)28-19-13-16(10-11-21(19)32-2)20-14-30-12-6-5-9-22(30)27-20/h3-14H,1-2H3,(H,28,31). The van der Waals surface area contributed by atoms with Crippen molar-refractivity contribution in [1.29, 1.82) is 0 Å². The quantitative estimate of drug-likeness (QED) is 0.355. The van der Waals surface area contributed by atoms with Gasteiger partial charge in [-0.15, -0.1) is 0 Å². The van der Waals surface area contributed by atoms with Gasteiger partial charge in [-0.25, -0.2) is 4.98 Å². The number of nitrogens with zero attached hydrogens (tertiary/aromatic N) is 3. The van der Waals surface area contributed by atoms with Gasteiger partial charge in [-0.2, -0.15) is 0 Å². The molecule has 0 fully saturated rings. The number of benzene rings is 2. The topological polar surface area (TPSA) is 81.7 Å². The molecule has 8 heteroatoms. The molecule has 164 valence electrons. The van der Waals surface area contributed by atoms with Crippen LogP contribution in [0.15, 0.2) is 77.6 Å². The predicted molar refractivity (Wildman–Crippen MR) is 127 cm³/mol. The lowest BCUT2D eigenvalue weighted by Gasteiger charge is -2.12. The highest BCUT2D eigenvalue weighted by Gasteiger charge is 2.24. The van der Waals surface area contributed by atoms with Crippen LogP contribution in [0.2, 0.25) is 5.02 Å². The van der Waals surface area contributed by atoms with Crippen LogP contribution in [0.1, 0.15) is 16.1 Å². The second kappa shape index (κ2) is 8.44. The molecule has 0 unspecified atom stereocenters. The number of hydrogen-bond donors (Lipinski definition) is 1. The van der Waals surface area contributed by atoms with E-state index in [0.29, 0.717) is 39.0 Å². The van der Waals surface area contributed by atoms with Crippen LogP contribution >= 0.6 is 11.6 Å². The van der Waals surface area contributed by atoms with E-state index in [-0.39, 0.29) is 5.91 Å². The van der Waals surface area contributed by atoms with Gasteiger partial charge >= 0.3 is 0 Å². The molecule has 0 atom stereocenters. The Morgan fingerprint density at radius 3 is 2.73 bits per heavy atom. The van der Waals surface area contributed by atoms with E-state index in [1.807, 2.05) is 59.3 Å². The maximum absolute atomic E-state index is 13.3. The number of imidazole rings is 1. The number of halogens is 1. The van der Waals surface area contributed by atoms with Crippen molar-refractivity contribution in [3.05, 3.63) is 89.4 Å². The number of nitrogens with one attached hydrogen (secondary N) is 1. The highest BCUT2D eigenvalue weighted by Crippen LogP contribution is 2.34. The van der Waals surface area contributed by atoms with Gasteiger partial charge in [-0.3, -0.25) is 4.79 Å². The van der Waals surface area contributed by atoms with E-state index in [9.17, 15) is 4.79 Å². The van der Waals surface area contributed by atoms with Crippen LogP contribution in [0.3, 0.4) is 0 Å². The number of anilines is 1. The van der Waals surface area contributed by atoms with E-state index >= 15 is 0 Å². The molecule has 33 heavy (non-hydrogen) atoms. The summed E-state index contributed by atoms with van der Waals surface area (Å²) in [7, 11) is 1.55. The monoisotopic (exact) mass is 458 g/mol. The first-order chi connectivity index (χ1) is 16.0. The zero-order valence-electron chi connectivity index (χ0n) is 17.9. The number of fused-ring (bicyclic) bond motifs is 1. The number of amides is 1.